The summed E-state index contributed by atoms with van der Waals surface area (Å²) in [5.41, 5.74) is 2.41. The average molecular weight is 250 g/mol. The van der Waals surface area contributed by atoms with Crippen LogP contribution >= 0.6 is 0 Å². The van der Waals surface area contributed by atoms with Crippen molar-refractivity contribution in [1.82, 2.24) is 5.32 Å². The Balaban J connectivity index is 2.67. The molecule has 0 saturated heterocycles. The van der Waals surface area contributed by atoms with E-state index in [1.54, 1.807) is 0 Å². The molecule has 0 aliphatic carbocycles. The molecule has 0 fully saturated rings. The van der Waals surface area contributed by atoms with Gasteiger partial charge < -0.3 is 15.0 Å². The minimum Gasteiger partial charge on any atom is -0.492 e. The Morgan fingerprint density at radius 3 is 2.61 bits per heavy atom. The number of hydrogen-bond acceptors (Lipinski definition) is 3. The second-order valence-corrected chi connectivity index (χ2v) is 4.66. The van der Waals surface area contributed by atoms with Crippen molar-refractivity contribution in [2.45, 2.75) is 33.2 Å². The van der Waals surface area contributed by atoms with Crippen LogP contribution in [0.5, 0.6) is 5.75 Å². The van der Waals surface area contributed by atoms with Gasteiger partial charge in [0, 0.05) is 20.6 Å². The molecule has 0 aromatic heterocycles. The summed E-state index contributed by atoms with van der Waals surface area (Å²) in [7, 11) is 4.08. The number of rotatable bonds is 8. The minimum atomic E-state index is 0.702. The first-order valence-corrected chi connectivity index (χ1v) is 6.82. The second kappa shape index (κ2) is 7.98. The van der Waals surface area contributed by atoms with E-state index in [4.69, 9.17) is 4.74 Å². The van der Waals surface area contributed by atoms with E-state index >= 15 is 0 Å². The van der Waals surface area contributed by atoms with Gasteiger partial charge in [0.1, 0.15) is 5.75 Å². The van der Waals surface area contributed by atoms with E-state index in [1.807, 2.05) is 21.0 Å². The fraction of sp³-hybridized carbons (Fsp3) is 0.600. The van der Waals surface area contributed by atoms with Crippen LogP contribution in [0.1, 0.15) is 32.3 Å². The van der Waals surface area contributed by atoms with Gasteiger partial charge in [-0.1, -0.05) is 19.4 Å². The first-order valence-electron chi connectivity index (χ1n) is 6.82. The SMILES string of the molecule is CCCCNCc1ccc(N(C)C)c(OCC)c1. The molecule has 3 nitrogen and oxygen atoms in total. The third kappa shape index (κ3) is 4.57. The molecule has 0 radical (unpaired) electrons. The Labute approximate surface area is 111 Å². The number of anilines is 1. The molecular weight excluding hydrogens is 224 g/mol. The molecule has 0 aliphatic heterocycles. The maximum Gasteiger partial charge on any atom is 0.142 e. The third-order valence-corrected chi connectivity index (χ3v) is 2.84. The van der Waals surface area contributed by atoms with Gasteiger partial charge in [-0.3, -0.25) is 0 Å². The number of benzene rings is 1. The molecule has 1 aromatic rings. The summed E-state index contributed by atoms with van der Waals surface area (Å²) >= 11 is 0. The van der Waals surface area contributed by atoms with Crippen LogP contribution in [0.3, 0.4) is 0 Å². The quantitative estimate of drug-likeness (QED) is 0.718. The van der Waals surface area contributed by atoms with Crippen LogP contribution in [0.25, 0.3) is 0 Å². The molecule has 0 aliphatic rings. The van der Waals surface area contributed by atoms with Crippen LogP contribution in [0.15, 0.2) is 18.2 Å². The highest BCUT2D eigenvalue weighted by Crippen LogP contribution is 2.28. The predicted octanol–water partition coefficient (Wildman–Crippen LogP) is 3.04. The molecule has 0 unspecified atom stereocenters. The van der Waals surface area contributed by atoms with Gasteiger partial charge in [0.15, 0.2) is 0 Å². The molecule has 18 heavy (non-hydrogen) atoms. The summed E-state index contributed by atoms with van der Waals surface area (Å²) in [5.74, 6) is 0.970. The van der Waals surface area contributed by atoms with Crippen molar-refractivity contribution in [3.63, 3.8) is 0 Å². The monoisotopic (exact) mass is 250 g/mol. The minimum absolute atomic E-state index is 0.702. The second-order valence-electron chi connectivity index (χ2n) is 4.66. The highest BCUT2D eigenvalue weighted by atomic mass is 16.5. The Morgan fingerprint density at radius 2 is 2.00 bits per heavy atom. The first kappa shape index (κ1) is 14.8. The van der Waals surface area contributed by atoms with Gasteiger partial charge in [0.2, 0.25) is 0 Å². The number of unbranched alkanes of at least 4 members (excludes halogenated alkanes) is 1. The normalized spacial score (nSPS) is 10.4. The van der Waals surface area contributed by atoms with Gasteiger partial charge in [-0.05, 0) is 37.6 Å². The number of nitrogens with zero attached hydrogens (tertiary/aromatic N) is 1. The van der Waals surface area contributed by atoms with Gasteiger partial charge in [-0.2, -0.15) is 0 Å². The van der Waals surface area contributed by atoms with E-state index in [-0.39, 0.29) is 0 Å². The molecule has 3 heteroatoms. The summed E-state index contributed by atoms with van der Waals surface area (Å²) in [5, 5.41) is 3.45. The predicted molar refractivity (Wildman–Crippen MR) is 78.6 cm³/mol. The lowest BCUT2D eigenvalue weighted by atomic mass is 10.1. The van der Waals surface area contributed by atoms with Gasteiger partial charge in [0.05, 0.1) is 12.3 Å². The van der Waals surface area contributed by atoms with Crippen LogP contribution in [-0.4, -0.2) is 27.2 Å². The van der Waals surface area contributed by atoms with E-state index in [9.17, 15) is 0 Å². The lowest BCUT2D eigenvalue weighted by Gasteiger charge is -2.18. The number of hydrogen-bond donors (Lipinski definition) is 1. The van der Waals surface area contributed by atoms with Crippen LogP contribution in [0.2, 0.25) is 0 Å². The van der Waals surface area contributed by atoms with Crippen molar-refractivity contribution >= 4 is 5.69 Å². The Bertz CT molecular complexity index is 350. The van der Waals surface area contributed by atoms with Crippen LogP contribution in [-0.2, 0) is 6.54 Å². The van der Waals surface area contributed by atoms with Crippen molar-refractivity contribution in [2.75, 3.05) is 32.1 Å². The van der Waals surface area contributed by atoms with Crippen LogP contribution in [0, 0.1) is 0 Å². The van der Waals surface area contributed by atoms with E-state index in [0.717, 1.165) is 24.5 Å². The molecule has 0 atom stereocenters. The summed E-state index contributed by atoms with van der Waals surface area (Å²) < 4.78 is 5.70. The molecule has 0 saturated carbocycles. The molecule has 1 aromatic carbocycles. The molecule has 0 bridgehead atoms. The lowest BCUT2D eigenvalue weighted by molar-refractivity contribution is 0.340. The van der Waals surface area contributed by atoms with Crippen molar-refractivity contribution in [3.05, 3.63) is 23.8 Å². The maximum atomic E-state index is 5.70. The summed E-state index contributed by atoms with van der Waals surface area (Å²) in [6.45, 7) is 6.92. The molecule has 1 rings (SSSR count). The largest absolute Gasteiger partial charge is 0.492 e. The number of ether oxygens (including phenoxy) is 1. The third-order valence-electron chi connectivity index (χ3n) is 2.84. The Kier molecular flexibility index (Phi) is 6.58. The van der Waals surface area contributed by atoms with Crippen molar-refractivity contribution < 1.29 is 4.74 Å². The Hall–Kier alpha value is -1.22. The van der Waals surface area contributed by atoms with Gasteiger partial charge in [-0.25, -0.2) is 0 Å². The molecule has 0 heterocycles. The van der Waals surface area contributed by atoms with Gasteiger partial charge >= 0.3 is 0 Å². The standard InChI is InChI=1S/C15H26N2O/c1-5-7-10-16-12-13-8-9-14(17(3)4)15(11-13)18-6-2/h8-9,11,16H,5-7,10,12H2,1-4H3. The van der Waals surface area contributed by atoms with E-state index < -0.39 is 0 Å². The first-order chi connectivity index (χ1) is 8.69. The molecular formula is C15H26N2O. The van der Waals surface area contributed by atoms with E-state index in [2.05, 4.69) is 35.3 Å². The van der Waals surface area contributed by atoms with Crippen LogP contribution < -0.4 is 15.0 Å². The topological polar surface area (TPSA) is 24.5 Å². The van der Waals surface area contributed by atoms with E-state index in [0.29, 0.717) is 6.61 Å². The smallest absolute Gasteiger partial charge is 0.142 e. The summed E-state index contributed by atoms with van der Waals surface area (Å²) in [6.07, 6.45) is 2.46. The fourth-order valence-electron chi connectivity index (χ4n) is 1.84. The Morgan fingerprint density at radius 1 is 1.22 bits per heavy atom. The fourth-order valence-corrected chi connectivity index (χ4v) is 1.84. The van der Waals surface area contributed by atoms with Gasteiger partial charge in [0.25, 0.3) is 0 Å². The highest BCUT2D eigenvalue weighted by Gasteiger charge is 2.06. The zero-order chi connectivity index (χ0) is 13.4. The lowest BCUT2D eigenvalue weighted by Crippen LogP contribution is -2.15. The summed E-state index contributed by atoms with van der Waals surface area (Å²) in [6, 6.07) is 6.43. The zero-order valence-electron chi connectivity index (χ0n) is 12.1. The van der Waals surface area contributed by atoms with Gasteiger partial charge in [-0.15, -0.1) is 0 Å². The summed E-state index contributed by atoms with van der Waals surface area (Å²) in [4.78, 5) is 2.08. The molecule has 0 spiro atoms. The zero-order valence-corrected chi connectivity index (χ0v) is 12.1. The van der Waals surface area contributed by atoms with E-state index in [1.165, 1.54) is 18.4 Å². The van der Waals surface area contributed by atoms with Crippen molar-refractivity contribution in [3.8, 4) is 5.75 Å². The van der Waals surface area contributed by atoms with Crippen molar-refractivity contribution in [1.29, 1.82) is 0 Å². The average Bonchev–Trinajstić information content (AvgIpc) is 2.35. The maximum absolute atomic E-state index is 5.70. The molecule has 0 amide bonds. The molecule has 1 N–H and O–H groups in total. The van der Waals surface area contributed by atoms with Crippen LogP contribution in [0.4, 0.5) is 5.69 Å². The van der Waals surface area contributed by atoms with Crippen molar-refractivity contribution in [2.24, 2.45) is 0 Å². The highest BCUT2D eigenvalue weighted by molar-refractivity contribution is 5.58. The number of nitrogens with one attached hydrogen (secondary N) is 1. The molecule has 102 valence electrons.